The third-order valence-corrected chi connectivity index (χ3v) is 2.42. The zero-order chi connectivity index (χ0) is 9.97. The van der Waals surface area contributed by atoms with Crippen molar-refractivity contribution in [2.24, 2.45) is 0 Å². The highest BCUT2D eigenvalue weighted by molar-refractivity contribution is 5.90. The summed E-state index contributed by atoms with van der Waals surface area (Å²) in [5.74, 6) is -0.0155. The summed E-state index contributed by atoms with van der Waals surface area (Å²) in [7, 11) is 1.90. The molecule has 2 rings (SSSR count). The van der Waals surface area contributed by atoms with Gasteiger partial charge in [-0.05, 0) is 18.7 Å². The third-order valence-electron chi connectivity index (χ3n) is 2.42. The molecule has 1 amide bonds. The monoisotopic (exact) mass is 196 g/mol. The number of hydrogen-bond donors (Lipinski definition) is 2. The van der Waals surface area contributed by atoms with E-state index in [-0.39, 0.29) is 11.7 Å². The number of nitrogens with one attached hydrogen (secondary N) is 2. The number of rotatable bonds is 2. The summed E-state index contributed by atoms with van der Waals surface area (Å²) in [6.45, 7) is 1.46. The quantitative estimate of drug-likeness (QED) is 0.609. The molecule has 14 heavy (non-hydrogen) atoms. The number of H-pyrrole nitrogens is 1. The summed E-state index contributed by atoms with van der Waals surface area (Å²) in [4.78, 5) is 13.4. The van der Waals surface area contributed by atoms with Crippen LogP contribution in [-0.4, -0.2) is 57.6 Å². The van der Waals surface area contributed by atoms with Crippen LogP contribution in [0.25, 0.3) is 0 Å². The number of carbonyl (C=O) groups excluding carboxylic acids is 1. The standard InChI is InChI=1S/C7H12N6O/c1-8-5-2-3-13(4-5)7(14)6-9-11-12-10-6/h5,8H,2-4H2,1H3,(H,9,10,11,12). The average Bonchev–Trinajstić information content (AvgIpc) is 2.88. The number of tetrazole rings is 1. The molecule has 76 valence electrons. The Morgan fingerprint density at radius 2 is 2.57 bits per heavy atom. The van der Waals surface area contributed by atoms with Crippen molar-refractivity contribution in [2.45, 2.75) is 12.5 Å². The van der Waals surface area contributed by atoms with Gasteiger partial charge in [-0.1, -0.05) is 0 Å². The second kappa shape index (κ2) is 3.70. The molecular formula is C7H12N6O. The molecule has 2 N–H and O–H groups in total. The van der Waals surface area contributed by atoms with Crippen LogP contribution in [0.15, 0.2) is 0 Å². The van der Waals surface area contributed by atoms with Gasteiger partial charge in [0.15, 0.2) is 0 Å². The van der Waals surface area contributed by atoms with E-state index >= 15 is 0 Å². The van der Waals surface area contributed by atoms with Crippen LogP contribution in [0.4, 0.5) is 0 Å². The third kappa shape index (κ3) is 1.58. The van der Waals surface area contributed by atoms with Crippen molar-refractivity contribution >= 4 is 5.91 Å². The topological polar surface area (TPSA) is 86.8 Å². The van der Waals surface area contributed by atoms with Gasteiger partial charge in [0.2, 0.25) is 0 Å². The van der Waals surface area contributed by atoms with Gasteiger partial charge in [0.1, 0.15) is 0 Å². The van der Waals surface area contributed by atoms with Gasteiger partial charge in [-0.3, -0.25) is 4.79 Å². The van der Waals surface area contributed by atoms with Crippen molar-refractivity contribution in [2.75, 3.05) is 20.1 Å². The molecule has 1 aromatic heterocycles. The number of hydrogen-bond acceptors (Lipinski definition) is 5. The van der Waals surface area contributed by atoms with Crippen LogP contribution in [0.2, 0.25) is 0 Å². The van der Waals surface area contributed by atoms with Gasteiger partial charge in [0.05, 0.1) is 0 Å². The number of aromatic nitrogens is 4. The van der Waals surface area contributed by atoms with E-state index in [4.69, 9.17) is 0 Å². The van der Waals surface area contributed by atoms with Crippen molar-refractivity contribution < 1.29 is 4.79 Å². The summed E-state index contributed by atoms with van der Waals surface area (Å²) in [6.07, 6.45) is 0.972. The predicted octanol–water partition coefficient (Wildman–Crippen LogP) is -1.37. The van der Waals surface area contributed by atoms with Gasteiger partial charge in [-0.25, -0.2) is 0 Å². The minimum Gasteiger partial charge on any atom is -0.334 e. The summed E-state index contributed by atoms with van der Waals surface area (Å²) < 4.78 is 0. The van der Waals surface area contributed by atoms with Crippen LogP contribution in [0.1, 0.15) is 17.0 Å². The van der Waals surface area contributed by atoms with E-state index in [1.54, 1.807) is 4.90 Å². The van der Waals surface area contributed by atoms with Crippen molar-refractivity contribution in [3.05, 3.63) is 5.82 Å². The van der Waals surface area contributed by atoms with Crippen molar-refractivity contribution in [3.63, 3.8) is 0 Å². The number of likely N-dealkylation sites (N-methyl/N-ethyl adjacent to an activating group) is 1. The Morgan fingerprint density at radius 3 is 3.14 bits per heavy atom. The fraction of sp³-hybridized carbons (Fsp3) is 0.714. The van der Waals surface area contributed by atoms with Crippen molar-refractivity contribution in [1.82, 2.24) is 30.8 Å². The van der Waals surface area contributed by atoms with E-state index in [0.717, 1.165) is 13.0 Å². The number of aromatic amines is 1. The van der Waals surface area contributed by atoms with Crippen LogP contribution in [0, 0.1) is 0 Å². The summed E-state index contributed by atoms with van der Waals surface area (Å²) in [6, 6.07) is 0.380. The van der Waals surface area contributed by atoms with Crippen LogP contribution < -0.4 is 5.32 Å². The Labute approximate surface area is 80.9 Å². The highest BCUT2D eigenvalue weighted by Crippen LogP contribution is 2.10. The molecule has 0 bridgehead atoms. The van der Waals surface area contributed by atoms with Crippen molar-refractivity contribution in [3.8, 4) is 0 Å². The maximum absolute atomic E-state index is 11.7. The second-order valence-corrected chi connectivity index (χ2v) is 3.26. The molecule has 0 radical (unpaired) electrons. The van der Waals surface area contributed by atoms with Crippen LogP contribution in [0.3, 0.4) is 0 Å². The lowest BCUT2D eigenvalue weighted by Gasteiger charge is -2.13. The molecule has 1 aromatic rings. The largest absolute Gasteiger partial charge is 0.334 e. The van der Waals surface area contributed by atoms with E-state index in [9.17, 15) is 4.79 Å². The molecule has 7 nitrogen and oxygen atoms in total. The van der Waals surface area contributed by atoms with Gasteiger partial charge in [-0.2, -0.15) is 5.21 Å². The lowest BCUT2D eigenvalue weighted by atomic mass is 10.3. The minimum absolute atomic E-state index is 0.141. The first-order chi connectivity index (χ1) is 6.81. The Balaban J connectivity index is 2.00. The molecule has 1 aliphatic heterocycles. The van der Waals surface area contributed by atoms with E-state index in [1.165, 1.54) is 0 Å². The molecule has 0 aromatic carbocycles. The lowest BCUT2D eigenvalue weighted by Crippen LogP contribution is -2.33. The van der Waals surface area contributed by atoms with Crippen LogP contribution in [-0.2, 0) is 0 Å². The smallest absolute Gasteiger partial charge is 0.295 e. The molecule has 1 unspecified atom stereocenters. The zero-order valence-electron chi connectivity index (χ0n) is 7.90. The van der Waals surface area contributed by atoms with Gasteiger partial charge < -0.3 is 10.2 Å². The second-order valence-electron chi connectivity index (χ2n) is 3.26. The maximum Gasteiger partial charge on any atom is 0.295 e. The molecule has 7 heteroatoms. The number of nitrogens with zero attached hydrogens (tertiary/aromatic N) is 4. The first kappa shape index (κ1) is 9.07. The Bertz CT molecular complexity index is 310. The molecule has 0 aliphatic carbocycles. The summed E-state index contributed by atoms with van der Waals surface area (Å²) in [5.41, 5.74) is 0. The maximum atomic E-state index is 11.7. The number of carbonyl (C=O) groups is 1. The highest BCUT2D eigenvalue weighted by atomic mass is 16.2. The lowest BCUT2D eigenvalue weighted by molar-refractivity contribution is 0.0777. The fourth-order valence-corrected chi connectivity index (χ4v) is 1.57. The molecule has 1 aliphatic rings. The fourth-order valence-electron chi connectivity index (χ4n) is 1.57. The SMILES string of the molecule is CNC1CCN(C(=O)c2nn[nH]n2)C1. The normalized spacial score (nSPS) is 21.5. The molecule has 1 fully saturated rings. The summed E-state index contributed by atoms with van der Waals surface area (Å²) >= 11 is 0. The van der Waals surface area contributed by atoms with Gasteiger partial charge >= 0.3 is 0 Å². The Morgan fingerprint density at radius 1 is 1.71 bits per heavy atom. The van der Waals surface area contributed by atoms with Crippen molar-refractivity contribution in [1.29, 1.82) is 0 Å². The summed E-state index contributed by atoms with van der Waals surface area (Å²) in [5, 5.41) is 16.1. The van der Waals surface area contributed by atoms with Crippen LogP contribution in [0.5, 0.6) is 0 Å². The molecule has 1 atom stereocenters. The van der Waals surface area contributed by atoms with E-state index in [0.29, 0.717) is 12.6 Å². The highest BCUT2D eigenvalue weighted by Gasteiger charge is 2.27. The van der Waals surface area contributed by atoms with Gasteiger partial charge in [0, 0.05) is 19.1 Å². The van der Waals surface area contributed by atoms with Crippen LogP contribution >= 0.6 is 0 Å². The van der Waals surface area contributed by atoms with E-state index < -0.39 is 0 Å². The average molecular weight is 196 g/mol. The molecule has 0 spiro atoms. The predicted molar refractivity (Wildman–Crippen MR) is 47.5 cm³/mol. The Hall–Kier alpha value is -1.50. The molecule has 2 heterocycles. The zero-order valence-corrected chi connectivity index (χ0v) is 7.90. The molecule has 1 saturated heterocycles. The minimum atomic E-state index is -0.156. The van der Waals surface area contributed by atoms with Gasteiger partial charge in [-0.15, -0.1) is 10.2 Å². The first-order valence-electron chi connectivity index (χ1n) is 4.51. The van der Waals surface area contributed by atoms with E-state index in [1.807, 2.05) is 7.05 Å². The number of amides is 1. The first-order valence-corrected chi connectivity index (χ1v) is 4.51. The Kier molecular flexibility index (Phi) is 2.40. The molecule has 0 saturated carbocycles. The molecular weight excluding hydrogens is 184 g/mol. The number of likely N-dealkylation sites (tertiary alicyclic amines) is 1. The van der Waals surface area contributed by atoms with Gasteiger partial charge in [0.25, 0.3) is 11.7 Å². The van der Waals surface area contributed by atoms with E-state index in [2.05, 4.69) is 25.9 Å².